The lowest BCUT2D eigenvalue weighted by molar-refractivity contribution is -0.117. The molecule has 1 aromatic carbocycles. The van der Waals surface area contributed by atoms with Crippen LogP contribution in [-0.4, -0.2) is 50.5 Å². The number of morpholine rings is 1. The van der Waals surface area contributed by atoms with Crippen molar-refractivity contribution in [1.82, 2.24) is 4.31 Å². The lowest BCUT2D eigenvalue weighted by Gasteiger charge is -2.43. The molecule has 0 aliphatic carbocycles. The molecule has 0 bridgehead atoms. The van der Waals surface area contributed by atoms with E-state index in [0.29, 0.717) is 13.2 Å². The summed E-state index contributed by atoms with van der Waals surface area (Å²) in [5.74, 6) is -0.0186. The van der Waals surface area contributed by atoms with Gasteiger partial charge in [0.1, 0.15) is 0 Å². The SMILES string of the molecule is C[C@@H]1CN(S(=O)(=O)c2ccc3c(c2)CC(=O)N3C)C(C)(C)CO1. The molecule has 1 fully saturated rings. The molecule has 2 heterocycles. The summed E-state index contributed by atoms with van der Waals surface area (Å²) in [5.41, 5.74) is 0.943. The van der Waals surface area contributed by atoms with E-state index in [1.54, 1.807) is 30.1 Å². The van der Waals surface area contributed by atoms with E-state index >= 15 is 0 Å². The summed E-state index contributed by atoms with van der Waals surface area (Å²) in [4.78, 5) is 13.6. The fourth-order valence-electron chi connectivity index (χ4n) is 3.11. The van der Waals surface area contributed by atoms with Gasteiger partial charge in [0.2, 0.25) is 15.9 Å². The van der Waals surface area contributed by atoms with Crippen LogP contribution in [0.15, 0.2) is 23.1 Å². The van der Waals surface area contributed by atoms with E-state index in [4.69, 9.17) is 4.74 Å². The number of amides is 1. The van der Waals surface area contributed by atoms with Gasteiger partial charge in [-0.15, -0.1) is 0 Å². The first kappa shape index (κ1) is 16.4. The number of fused-ring (bicyclic) bond motifs is 1. The van der Waals surface area contributed by atoms with Crippen LogP contribution in [0, 0.1) is 0 Å². The van der Waals surface area contributed by atoms with Crippen molar-refractivity contribution in [3.8, 4) is 0 Å². The first-order valence-corrected chi connectivity index (χ1v) is 9.11. The van der Waals surface area contributed by atoms with Crippen LogP contribution < -0.4 is 4.90 Å². The number of carbonyl (C=O) groups excluding carboxylic acids is 1. The predicted molar refractivity (Wildman–Crippen MR) is 86.9 cm³/mol. The minimum absolute atomic E-state index is 0.0186. The summed E-state index contributed by atoms with van der Waals surface area (Å²) in [6, 6.07) is 4.92. The van der Waals surface area contributed by atoms with Gasteiger partial charge in [-0.2, -0.15) is 4.31 Å². The highest BCUT2D eigenvalue weighted by Gasteiger charge is 2.42. The molecule has 6 nitrogen and oxygen atoms in total. The predicted octanol–water partition coefficient (Wildman–Crippen LogP) is 1.39. The normalized spacial score (nSPS) is 24.8. The molecule has 126 valence electrons. The molecule has 0 radical (unpaired) electrons. The largest absolute Gasteiger partial charge is 0.375 e. The minimum Gasteiger partial charge on any atom is -0.375 e. The number of sulfonamides is 1. The fourth-order valence-corrected chi connectivity index (χ4v) is 5.00. The lowest BCUT2D eigenvalue weighted by atomic mass is 10.1. The Morgan fingerprint density at radius 1 is 1.30 bits per heavy atom. The first-order chi connectivity index (χ1) is 10.6. The van der Waals surface area contributed by atoms with Crippen LogP contribution in [0.5, 0.6) is 0 Å². The van der Waals surface area contributed by atoms with Gasteiger partial charge >= 0.3 is 0 Å². The molecule has 0 aromatic heterocycles. The summed E-state index contributed by atoms with van der Waals surface area (Å²) >= 11 is 0. The van der Waals surface area contributed by atoms with Crippen LogP contribution in [0.4, 0.5) is 5.69 Å². The second-order valence-corrected chi connectivity index (χ2v) is 8.75. The summed E-state index contributed by atoms with van der Waals surface area (Å²) in [6.45, 7) is 6.28. The maximum absolute atomic E-state index is 13.1. The van der Waals surface area contributed by atoms with Gasteiger partial charge in [0.05, 0.1) is 29.6 Å². The Morgan fingerprint density at radius 3 is 2.70 bits per heavy atom. The maximum atomic E-state index is 13.1. The van der Waals surface area contributed by atoms with Crippen molar-refractivity contribution in [3.63, 3.8) is 0 Å². The van der Waals surface area contributed by atoms with E-state index in [0.717, 1.165) is 11.3 Å². The number of nitrogens with zero attached hydrogens (tertiary/aromatic N) is 2. The molecular weight excluding hydrogens is 316 g/mol. The zero-order valence-electron chi connectivity index (χ0n) is 13.9. The number of hydrogen-bond donors (Lipinski definition) is 0. The highest BCUT2D eigenvalue weighted by Crippen LogP contribution is 2.33. The lowest BCUT2D eigenvalue weighted by Crippen LogP contribution is -2.57. The number of hydrogen-bond acceptors (Lipinski definition) is 4. The summed E-state index contributed by atoms with van der Waals surface area (Å²) in [5, 5.41) is 0. The molecule has 3 rings (SSSR count). The van der Waals surface area contributed by atoms with Gasteiger partial charge in [0, 0.05) is 19.3 Å². The Morgan fingerprint density at radius 2 is 2.00 bits per heavy atom. The standard InChI is InChI=1S/C16H22N2O4S/c1-11-9-18(16(2,3)10-22-11)23(20,21)13-5-6-14-12(7-13)8-15(19)17(14)4/h5-7,11H,8-10H2,1-4H3/t11-/m1/s1. The third-order valence-electron chi connectivity index (χ3n) is 4.54. The first-order valence-electron chi connectivity index (χ1n) is 7.67. The molecule has 7 heteroatoms. The topological polar surface area (TPSA) is 66.9 Å². The summed E-state index contributed by atoms with van der Waals surface area (Å²) in [7, 11) is -1.93. The van der Waals surface area contributed by atoms with Crippen LogP contribution in [0.25, 0.3) is 0 Å². The van der Waals surface area contributed by atoms with Crippen molar-refractivity contribution >= 4 is 21.6 Å². The average Bonchev–Trinajstić information content (AvgIpc) is 2.76. The van der Waals surface area contributed by atoms with Gasteiger partial charge in [-0.05, 0) is 44.5 Å². The number of anilines is 1. The zero-order valence-corrected chi connectivity index (χ0v) is 14.7. The highest BCUT2D eigenvalue weighted by molar-refractivity contribution is 7.89. The Bertz CT molecular complexity index is 757. The second-order valence-electron chi connectivity index (χ2n) is 6.89. The van der Waals surface area contributed by atoms with Gasteiger partial charge < -0.3 is 9.64 Å². The highest BCUT2D eigenvalue weighted by atomic mass is 32.2. The smallest absolute Gasteiger partial charge is 0.243 e. The molecule has 1 saturated heterocycles. The van der Waals surface area contributed by atoms with Gasteiger partial charge in [-0.25, -0.2) is 8.42 Å². The molecule has 1 amide bonds. The Kier molecular flexibility index (Phi) is 3.78. The third kappa shape index (κ3) is 2.66. The molecule has 2 aliphatic rings. The van der Waals surface area contributed by atoms with Gasteiger partial charge in [0.25, 0.3) is 0 Å². The number of carbonyl (C=O) groups is 1. The van der Waals surface area contributed by atoms with Crippen LogP contribution >= 0.6 is 0 Å². The van der Waals surface area contributed by atoms with E-state index < -0.39 is 15.6 Å². The third-order valence-corrected chi connectivity index (χ3v) is 6.61. The molecular formula is C16H22N2O4S. The number of likely N-dealkylation sites (N-methyl/N-ethyl adjacent to an activating group) is 1. The maximum Gasteiger partial charge on any atom is 0.243 e. The van der Waals surface area contributed by atoms with Crippen molar-refractivity contribution in [2.45, 2.75) is 43.7 Å². The van der Waals surface area contributed by atoms with Crippen molar-refractivity contribution in [3.05, 3.63) is 23.8 Å². The molecule has 2 aliphatic heterocycles. The Balaban J connectivity index is 2.01. The summed E-state index contributed by atoms with van der Waals surface area (Å²) in [6.07, 6.45) is 0.109. The fraction of sp³-hybridized carbons (Fsp3) is 0.562. The minimum atomic E-state index is -3.64. The Hall–Kier alpha value is -1.44. The average molecular weight is 338 g/mol. The van der Waals surface area contributed by atoms with Crippen LogP contribution in [0.1, 0.15) is 26.3 Å². The number of benzene rings is 1. The number of rotatable bonds is 2. The molecule has 0 unspecified atom stereocenters. The monoisotopic (exact) mass is 338 g/mol. The van der Waals surface area contributed by atoms with Crippen molar-refractivity contribution in [2.24, 2.45) is 0 Å². The van der Waals surface area contributed by atoms with Gasteiger partial charge in [-0.3, -0.25) is 4.79 Å². The molecule has 23 heavy (non-hydrogen) atoms. The van der Waals surface area contributed by atoms with E-state index in [-0.39, 0.29) is 23.3 Å². The van der Waals surface area contributed by atoms with E-state index in [9.17, 15) is 13.2 Å². The van der Waals surface area contributed by atoms with E-state index in [1.165, 1.54) is 4.31 Å². The molecule has 0 N–H and O–H groups in total. The molecule has 1 atom stereocenters. The zero-order chi connectivity index (χ0) is 17.0. The number of ether oxygens (including phenoxy) is 1. The van der Waals surface area contributed by atoms with Crippen LogP contribution in [0.3, 0.4) is 0 Å². The van der Waals surface area contributed by atoms with Crippen molar-refractivity contribution in [1.29, 1.82) is 0 Å². The molecule has 1 aromatic rings. The Labute approximate surface area is 137 Å². The van der Waals surface area contributed by atoms with E-state index in [1.807, 2.05) is 20.8 Å². The second kappa shape index (κ2) is 5.29. The van der Waals surface area contributed by atoms with Crippen LogP contribution in [0.2, 0.25) is 0 Å². The van der Waals surface area contributed by atoms with Crippen molar-refractivity contribution in [2.75, 3.05) is 25.1 Å². The van der Waals surface area contributed by atoms with Crippen LogP contribution in [-0.2, 0) is 26.0 Å². The molecule has 0 saturated carbocycles. The van der Waals surface area contributed by atoms with Crippen molar-refractivity contribution < 1.29 is 17.9 Å². The summed E-state index contributed by atoms with van der Waals surface area (Å²) < 4.78 is 33.3. The molecule has 0 spiro atoms. The quantitative estimate of drug-likeness (QED) is 0.817. The van der Waals surface area contributed by atoms with E-state index in [2.05, 4.69) is 0 Å². The van der Waals surface area contributed by atoms with Gasteiger partial charge in [-0.1, -0.05) is 0 Å². The van der Waals surface area contributed by atoms with Gasteiger partial charge in [0.15, 0.2) is 0 Å².